The first-order valence-corrected chi connectivity index (χ1v) is 6.77. The molecule has 0 aromatic carbocycles. The number of aliphatic hydroxyl groups is 1. The smallest absolute Gasteiger partial charge is 0.111 e. The third kappa shape index (κ3) is 3.00. The predicted molar refractivity (Wildman–Crippen MR) is 73.7 cm³/mol. The molecule has 0 bridgehead atoms. The monoisotopic (exact) mass is 260 g/mol. The summed E-state index contributed by atoms with van der Waals surface area (Å²) in [5.74, 6) is 7.10. The third-order valence-corrected chi connectivity index (χ3v) is 3.48. The molecule has 0 saturated heterocycles. The highest BCUT2D eigenvalue weighted by atomic mass is 32.1. The Morgan fingerprint density at radius 1 is 1.50 bits per heavy atom. The number of hydrogen-bond acceptors (Lipinski definition) is 3. The van der Waals surface area contributed by atoms with Crippen LogP contribution in [0.5, 0.6) is 0 Å². The summed E-state index contributed by atoms with van der Waals surface area (Å²) >= 11 is 1.69. The van der Waals surface area contributed by atoms with Gasteiger partial charge in [-0.2, -0.15) is 0 Å². The van der Waals surface area contributed by atoms with Crippen LogP contribution in [0.25, 0.3) is 0 Å². The van der Waals surface area contributed by atoms with Crippen LogP contribution in [0.3, 0.4) is 0 Å². The summed E-state index contributed by atoms with van der Waals surface area (Å²) in [6.07, 6.45) is 3.85. The zero-order valence-corrected chi connectivity index (χ0v) is 11.4. The molecule has 0 aliphatic carbocycles. The molecule has 2 aromatic heterocycles. The number of imidazole rings is 1. The molecule has 4 heteroatoms. The molecule has 3 nitrogen and oxygen atoms in total. The van der Waals surface area contributed by atoms with E-state index in [9.17, 15) is 0 Å². The van der Waals surface area contributed by atoms with Crippen LogP contribution in [0.1, 0.15) is 36.0 Å². The van der Waals surface area contributed by atoms with Crippen LogP contribution in [0, 0.1) is 11.8 Å². The van der Waals surface area contributed by atoms with Gasteiger partial charge in [-0.1, -0.05) is 25.7 Å². The standard InChI is InChI=1S/C14H16N2OS/c1-11(2)14-15-5-6-16(14)9-13-8-12(10-18-13)4-3-7-17/h5-6,8,10-11,17H,7,9H2,1-2H3. The van der Waals surface area contributed by atoms with E-state index in [1.807, 2.05) is 17.8 Å². The van der Waals surface area contributed by atoms with E-state index in [1.54, 1.807) is 11.3 Å². The van der Waals surface area contributed by atoms with Crippen LogP contribution in [0.2, 0.25) is 0 Å². The van der Waals surface area contributed by atoms with Gasteiger partial charge in [-0.25, -0.2) is 4.98 Å². The van der Waals surface area contributed by atoms with Crippen molar-refractivity contribution in [3.8, 4) is 11.8 Å². The van der Waals surface area contributed by atoms with E-state index < -0.39 is 0 Å². The SMILES string of the molecule is CC(C)c1nccn1Cc1cc(C#CCO)cs1. The highest BCUT2D eigenvalue weighted by Crippen LogP contribution is 2.18. The van der Waals surface area contributed by atoms with Crippen LogP contribution < -0.4 is 0 Å². The van der Waals surface area contributed by atoms with Crippen LogP contribution >= 0.6 is 11.3 Å². The summed E-state index contributed by atoms with van der Waals surface area (Å²) in [4.78, 5) is 5.62. The van der Waals surface area contributed by atoms with E-state index in [0.717, 1.165) is 17.9 Å². The number of hydrogen-bond donors (Lipinski definition) is 1. The summed E-state index contributed by atoms with van der Waals surface area (Å²) in [5, 5.41) is 10.7. The quantitative estimate of drug-likeness (QED) is 0.861. The van der Waals surface area contributed by atoms with Gasteiger partial charge in [-0.3, -0.25) is 0 Å². The van der Waals surface area contributed by atoms with Crippen molar-refractivity contribution in [3.05, 3.63) is 40.1 Å². The maximum atomic E-state index is 8.66. The van der Waals surface area contributed by atoms with Crippen molar-refractivity contribution >= 4 is 11.3 Å². The summed E-state index contributed by atoms with van der Waals surface area (Å²) in [6, 6.07) is 2.07. The van der Waals surface area contributed by atoms with Gasteiger partial charge in [0.2, 0.25) is 0 Å². The molecule has 0 atom stereocenters. The molecule has 0 unspecified atom stereocenters. The lowest BCUT2D eigenvalue weighted by molar-refractivity contribution is 0.350. The van der Waals surface area contributed by atoms with E-state index in [4.69, 9.17) is 5.11 Å². The van der Waals surface area contributed by atoms with Crippen molar-refractivity contribution in [2.45, 2.75) is 26.3 Å². The van der Waals surface area contributed by atoms with Gasteiger partial charge in [-0.05, 0) is 6.07 Å². The van der Waals surface area contributed by atoms with Gasteiger partial charge >= 0.3 is 0 Å². The van der Waals surface area contributed by atoms with Gasteiger partial charge in [0, 0.05) is 34.1 Å². The van der Waals surface area contributed by atoms with E-state index in [-0.39, 0.29) is 6.61 Å². The molecule has 2 aromatic rings. The lowest BCUT2D eigenvalue weighted by atomic mass is 10.2. The largest absolute Gasteiger partial charge is 0.384 e. The Kier molecular flexibility index (Phi) is 4.19. The first-order chi connectivity index (χ1) is 8.70. The van der Waals surface area contributed by atoms with Crippen LogP contribution in [-0.4, -0.2) is 21.3 Å². The lowest BCUT2D eigenvalue weighted by Gasteiger charge is -2.08. The molecule has 0 saturated carbocycles. The van der Waals surface area contributed by atoms with E-state index in [2.05, 4.69) is 41.3 Å². The van der Waals surface area contributed by atoms with Gasteiger partial charge in [0.1, 0.15) is 12.4 Å². The van der Waals surface area contributed by atoms with Gasteiger partial charge in [0.15, 0.2) is 0 Å². The lowest BCUT2D eigenvalue weighted by Crippen LogP contribution is -2.04. The Hall–Kier alpha value is -1.57. The zero-order chi connectivity index (χ0) is 13.0. The fraction of sp³-hybridized carbons (Fsp3) is 0.357. The molecule has 0 spiro atoms. The third-order valence-electron chi connectivity index (χ3n) is 2.56. The molecule has 2 heterocycles. The molecular weight excluding hydrogens is 244 g/mol. The Morgan fingerprint density at radius 3 is 3.06 bits per heavy atom. The minimum absolute atomic E-state index is 0.0931. The van der Waals surface area contributed by atoms with Crippen LogP contribution in [0.15, 0.2) is 23.8 Å². The minimum atomic E-state index is -0.0931. The van der Waals surface area contributed by atoms with E-state index >= 15 is 0 Å². The fourth-order valence-corrected chi connectivity index (χ4v) is 2.61. The zero-order valence-electron chi connectivity index (χ0n) is 10.6. The Bertz CT molecular complexity index is 572. The molecule has 0 amide bonds. The maximum Gasteiger partial charge on any atom is 0.111 e. The van der Waals surface area contributed by atoms with E-state index in [1.165, 1.54) is 4.88 Å². The van der Waals surface area contributed by atoms with Crippen molar-refractivity contribution in [1.29, 1.82) is 0 Å². The predicted octanol–water partition coefficient (Wildman–Crippen LogP) is 2.46. The van der Waals surface area contributed by atoms with Crippen LogP contribution in [-0.2, 0) is 6.54 Å². The summed E-state index contributed by atoms with van der Waals surface area (Å²) < 4.78 is 2.17. The molecular formula is C14H16N2OS. The van der Waals surface area contributed by atoms with Gasteiger partial charge in [0.05, 0.1) is 6.54 Å². The molecule has 0 aliphatic heterocycles. The number of aliphatic hydroxyl groups excluding tert-OH is 1. The van der Waals surface area contributed by atoms with Crippen molar-refractivity contribution in [1.82, 2.24) is 9.55 Å². The van der Waals surface area contributed by atoms with Gasteiger partial charge in [-0.15, -0.1) is 11.3 Å². The number of rotatable bonds is 3. The van der Waals surface area contributed by atoms with Crippen molar-refractivity contribution in [3.63, 3.8) is 0 Å². The molecule has 1 N–H and O–H groups in total. The normalized spacial score (nSPS) is 10.4. The van der Waals surface area contributed by atoms with Gasteiger partial charge in [0.25, 0.3) is 0 Å². The summed E-state index contributed by atoms with van der Waals surface area (Å²) in [5.41, 5.74) is 0.968. The summed E-state index contributed by atoms with van der Waals surface area (Å²) in [7, 11) is 0. The van der Waals surface area contributed by atoms with Gasteiger partial charge < -0.3 is 9.67 Å². The Labute approximate surface area is 111 Å². The highest BCUT2D eigenvalue weighted by Gasteiger charge is 2.08. The van der Waals surface area contributed by atoms with Crippen molar-refractivity contribution < 1.29 is 5.11 Å². The second-order valence-electron chi connectivity index (χ2n) is 4.33. The van der Waals surface area contributed by atoms with Crippen LogP contribution in [0.4, 0.5) is 0 Å². The second-order valence-corrected chi connectivity index (χ2v) is 5.33. The first kappa shape index (κ1) is 12.9. The summed E-state index contributed by atoms with van der Waals surface area (Å²) in [6.45, 7) is 5.03. The average Bonchev–Trinajstić information content (AvgIpc) is 2.96. The van der Waals surface area contributed by atoms with Crippen molar-refractivity contribution in [2.24, 2.45) is 0 Å². The molecule has 94 valence electrons. The second kappa shape index (κ2) is 5.85. The minimum Gasteiger partial charge on any atom is -0.384 e. The average molecular weight is 260 g/mol. The molecule has 0 fully saturated rings. The number of thiophene rings is 1. The Balaban J connectivity index is 2.14. The molecule has 0 radical (unpaired) electrons. The van der Waals surface area contributed by atoms with Crippen molar-refractivity contribution in [2.75, 3.05) is 6.61 Å². The Morgan fingerprint density at radius 2 is 2.33 bits per heavy atom. The highest BCUT2D eigenvalue weighted by molar-refractivity contribution is 7.10. The van der Waals surface area contributed by atoms with E-state index in [0.29, 0.717) is 5.92 Å². The fourth-order valence-electron chi connectivity index (χ4n) is 1.79. The first-order valence-electron chi connectivity index (χ1n) is 5.89. The molecule has 2 rings (SSSR count). The number of aromatic nitrogens is 2. The maximum absolute atomic E-state index is 8.66. The number of nitrogens with zero attached hydrogens (tertiary/aromatic N) is 2. The topological polar surface area (TPSA) is 38.0 Å². The molecule has 18 heavy (non-hydrogen) atoms. The molecule has 0 aliphatic rings.